The molecule has 0 spiro atoms. The Kier molecular flexibility index (Phi) is 9.74. The van der Waals surface area contributed by atoms with Crippen molar-refractivity contribution in [3.05, 3.63) is 34.6 Å². The molecule has 0 aromatic carbocycles. The Balaban J connectivity index is 1.82. The van der Waals surface area contributed by atoms with Gasteiger partial charge in [-0.25, -0.2) is 0 Å². The zero-order valence-electron chi connectivity index (χ0n) is 21.2. The van der Waals surface area contributed by atoms with Crippen molar-refractivity contribution in [3.63, 3.8) is 0 Å². The Labute approximate surface area is 202 Å². The smallest absolute Gasteiger partial charge is 0.302 e. The minimum Gasteiger partial charge on any atom is -0.463 e. The third-order valence-electron chi connectivity index (χ3n) is 6.52. The lowest BCUT2D eigenvalue weighted by Gasteiger charge is -2.32. The van der Waals surface area contributed by atoms with E-state index in [1.807, 2.05) is 4.68 Å². The van der Waals surface area contributed by atoms with E-state index in [4.69, 9.17) is 24.0 Å². The van der Waals surface area contributed by atoms with Gasteiger partial charge in [0.25, 0.3) is 0 Å². The van der Waals surface area contributed by atoms with Crippen molar-refractivity contribution >= 4 is 5.97 Å². The van der Waals surface area contributed by atoms with Gasteiger partial charge in [0.15, 0.2) is 0 Å². The fourth-order valence-electron chi connectivity index (χ4n) is 4.44. The van der Waals surface area contributed by atoms with Crippen LogP contribution in [0.4, 0.5) is 0 Å². The topological polar surface area (TPSA) is 92.0 Å². The lowest BCUT2D eigenvalue weighted by atomic mass is 10.0. The van der Waals surface area contributed by atoms with E-state index in [1.54, 1.807) is 0 Å². The molecular weight excluding hydrogens is 436 g/mol. The van der Waals surface area contributed by atoms with Crippen LogP contribution < -0.4 is 4.74 Å². The molecule has 34 heavy (non-hydrogen) atoms. The molecule has 2 fully saturated rings. The Morgan fingerprint density at radius 3 is 2.65 bits per heavy atom. The average molecular weight is 477 g/mol. The molecule has 3 heterocycles. The molecule has 4 atom stereocenters. The molecule has 1 aromatic rings. The van der Waals surface area contributed by atoms with Crippen LogP contribution in [0.2, 0.25) is 0 Å². The second kappa shape index (κ2) is 12.5. The monoisotopic (exact) mass is 476 g/mol. The number of rotatable bonds is 10. The van der Waals surface area contributed by atoms with Crippen LogP contribution in [0.25, 0.3) is 0 Å². The number of esters is 1. The fourth-order valence-corrected chi connectivity index (χ4v) is 4.44. The summed E-state index contributed by atoms with van der Waals surface area (Å²) in [6.45, 7) is 11.4. The zero-order chi connectivity index (χ0) is 24.7. The second-order valence-corrected chi connectivity index (χ2v) is 9.29. The predicted octanol–water partition coefficient (Wildman–Crippen LogP) is 4.20. The highest BCUT2D eigenvalue weighted by atomic mass is 16.7. The van der Waals surface area contributed by atoms with Crippen molar-refractivity contribution in [1.82, 2.24) is 9.78 Å². The van der Waals surface area contributed by atoms with Crippen LogP contribution in [0.15, 0.2) is 23.3 Å². The number of aliphatic hydroxyl groups excluding tert-OH is 1. The molecule has 8 heteroatoms. The van der Waals surface area contributed by atoms with E-state index in [0.717, 1.165) is 37.1 Å². The maximum absolute atomic E-state index is 11.2. The average Bonchev–Trinajstić information content (AvgIpc) is 3.42. The Hall–Kier alpha value is -2.16. The van der Waals surface area contributed by atoms with Crippen molar-refractivity contribution in [2.24, 2.45) is 0 Å². The third-order valence-corrected chi connectivity index (χ3v) is 6.52. The molecule has 3 rings (SSSR count). The lowest BCUT2D eigenvalue weighted by Crippen LogP contribution is -2.41. The van der Waals surface area contributed by atoms with Gasteiger partial charge in [0, 0.05) is 44.1 Å². The van der Waals surface area contributed by atoms with Crippen molar-refractivity contribution < 1.29 is 28.8 Å². The van der Waals surface area contributed by atoms with E-state index < -0.39 is 18.5 Å². The number of allylic oxidation sites excluding steroid dienone is 4. The quantitative estimate of drug-likeness (QED) is 0.400. The predicted molar refractivity (Wildman–Crippen MR) is 129 cm³/mol. The number of aliphatic hydroxyl groups is 1. The highest BCUT2D eigenvalue weighted by Gasteiger charge is 2.33. The molecule has 2 aliphatic heterocycles. The van der Waals surface area contributed by atoms with Gasteiger partial charge < -0.3 is 24.1 Å². The van der Waals surface area contributed by atoms with Crippen LogP contribution in [0, 0.1) is 6.92 Å². The first-order chi connectivity index (χ1) is 16.3. The van der Waals surface area contributed by atoms with E-state index in [2.05, 4.69) is 39.8 Å². The molecule has 4 unspecified atom stereocenters. The van der Waals surface area contributed by atoms with E-state index in [1.165, 1.54) is 18.1 Å². The normalized spacial score (nSPS) is 25.3. The Morgan fingerprint density at radius 2 is 2.00 bits per heavy atom. The summed E-state index contributed by atoms with van der Waals surface area (Å²) in [6.07, 6.45) is 7.16. The van der Waals surface area contributed by atoms with Gasteiger partial charge in [0.2, 0.25) is 12.2 Å². The standard InChI is InChI=1S/C26H40N2O6/c1-6-20(7-2)9-8-17(3)12-24-18(4)28(21-10-11-31-15-21)27-26(24)34-25-14-22(30)13-23(33-25)16-32-19(5)29/h8-9,21-23,25,30H,6-7,10-16H2,1-5H3/b17-8+. The highest BCUT2D eigenvalue weighted by Crippen LogP contribution is 2.32. The van der Waals surface area contributed by atoms with Gasteiger partial charge in [-0.3, -0.25) is 9.48 Å². The number of carbonyl (C=O) groups excluding carboxylic acids is 1. The molecule has 1 N–H and O–H groups in total. The van der Waals surface area contributed by atoms with Crippen molar-refractivity contribution in [1.29, 1.82) is 0 Å². The number of ether oxygens (including phenoxy) is 4. The van der Waals surface area contributed by atoms with E-state index >= 15 is 0 Å². The van der Waals surface area contributed by atoms with Gasteiger partial charge in [-0.05, 0) is 33.1 Å². The van der Waals surface area contributed by atoms with Gasteiger partial charge >= 0.3 is 5.97 Å². The first-order valence-electron chi connectivity index (χ1n) is 12.4. The van der Waals surface area contributed by atoms with Gasteiger partial charge in [-0.15, -0.1) is 5.10 Å². The van der Waals surface area contributed by atoms with E-state index in [-0.39, 0.29) is 18.6 Å². The SMILES string of the molecule is CCC(=C/C=C(\C)Cc1c(OC2CC(O)CC(COC(C)=O)O2)nn(C2CCOC2)c1C)CC. The van der Waals surface area contributed by atoms with E-state index in [0.29, 0.717) is 31.7 Å². The summed E-state index contributed by atoms with van der Waals surface area (Å²) in [4.78, 5) is 11.2. The maximum atomic E-state index is 11.2. The molecule has 0 saturated carbocycles. The maximum Gasteiger partial charge on any atom is 0.302 e. The Morgan fingerprint density at radius 1 is 1.24 bits per heavy atom. The third kappa shape index (κ3) is 7.17. The first kappa shape index (κ1) is 26.4. The van der Waals surface area contributed by atoms with Crippen molar-refractivity contribution in [2.45, 2.75) is 97.7 Å². The minimum absolute atomic E-state index is 0.0946. The van der Waals surface area contributed by atoms with Crippen molar-refractivity contribution in [2.75, 3.05) is 19.8 Å². The molecule has 190 valence electrons. The summed E-state index contributed by atoms with van der Waals surface area (Å²) in [5, 5.41) is 15.2. The van der Waals surface area contributed by atoms with Crippen molar-refractivity contribution in [3.8, 4) is 5.88 Å². The molecule has 1 aromatic heterocycles. The van der Waals surface area contributed by atoms with Gasteiger partial charge in [0.05, 0.1) is 24.9 Å². The van der Waals surface area contributed by atoms with Crippen LogP contribution in [0.5, 0.6) is 5.88 Å². The number of carbonyl (C=O) groups is 1. The summed E-state index contributed by atoms with van der Waals surface area (Å²) in [5.41, 5.74) is 4.70. The Bertz CT molecular complexity index is 878. The van der Waals surface area contributed by atoms with Crippen LogP contribution in [0.1, 0.15) is 77.1 Å². The highest BCUT2D eigenvalue weighted by molar-refractivity contribution is 5.65. The molecule has 0 aliphatic carbocycles. The van der Waals surface area contributed by atoms with Crippen LogP contribution >= 0.6 is 0 Å². The summed E-state index contributed by atoms with van der Waals surface area (Å²) in [6, 6.07) is 0.182. The van der Waals surface area contributed by atoms with Crippen LogP contribution in [-0.2, 0) is 25.4 Å². The van der Waals surface area contributed by atoms with Crippen LogP contribution in [0.3, 0.4) is 0 Å². The van der Waals surface area contributed by atoms with E-state index in [9.17, 15) is 9.90 Å². The molecule has 8 nitrogen and oxygen atoms in total. The summed E-state index contributed by atoms with van der Waals surface area (Å²) < 4.78 is 24.9. The zero-order valence-corrected chi connectivity index (χ0v) is 21.2. The number of hydrogen-bond acceptors (Lipinski definition) is 7. The second-order valence-electron chi connectivity index (χ2n) is 9.29. The summed E-state index contributed by atoms with van der Waals surface area (Å²) in [7, 11) is 0. The molecule has 2 saturated heterocycles. The van der Waals surface area contributed by atoms with Gasteiger partial charge in [0.1, 0.15) is 6.61 Å². The summed E-state index contributed by atoms with van der Waals surface area (Å²) in [5.74, 6) is 0.153. The van der Waals surface area contributed by atoms with Gasteiger partial charge in [-0.2, -0.15) is 0 Å². The minimum atomic E-state index is -0.665. The molecule has 0 radical (unpaired) electrons. The summed E-state index contributed by atoms with van der Waals surface area (Å²) >= 11 is 0. The first-order valence-corrected chi connectivity index (χ1v) is 12.4. The number of nitrogens with zero attached hydrogens (tertiary/aromatic N) is 2. The molecule has 2 aliphatic rings. The van der Waals surface area contributed by atoms with Gasteiger partial charge in [-0.1, -0.05) is 37.1 Å². The number of aromatic nitrogens is 2. The fraction of sp³-hybridized carbons (Fsp3) is 0.692. The number of hydrogen-bond donors (Lipinski definition) is 1. The molecular formula is C26H40N2O6. The van der Waals surface area contributed by atoms with Crippen LogP contribution in [-0.4, -0.2) is 59.2 Å². The molecule has 0 amide bonds. The molecule has 0 bridgehead atoms. The largest absolute Gasteiger partial charge is 0.463 e. The lowest BCUT2D eigenvalue weighted by molar-refractivity contribution is -0.193.